The minimum Gasteiger partial charge on any atom is -0.755 e. The molecule has 11 heteroatoms. The Labute approximate surface area is 206 Å². The van der Waals surface area contributed by atoms with Gasteiger partial charge in [0.15, 0.2) is 0 Å². The van der Waals surface area contributed by atoms with Gasteiger partial charge in [0.2, 0.25) is 17.7 Å². The van der Waals surface area contributed by atoms with Crippen molar-refractivity contribution in [3.8, 4) is 17.1 Å². The molecule has 10 nitrogen and oxygen atoms in total. The number of carbonyl (C=O) groups is 1. The molecule has 2 heterocycles. The fourth-order valence-electron chi connectivity index (χ4n) is 3.50. The summed E-state index contributed by atoms with van der Waals surface area (Å²) in [5.74, 6) is 0.223. The standard InChI is InChI=1S/C24H28N6O4S/c1-5-34-20-15-25-14-18(28-20)16-6-8-17(9-7-16)27-21(31)23(2,3)19-10-13-26-22(29-19)30(35(32)33)24(4)11-12-24/h6-10,13-15H,5,11-12H2,1-4H3,(H,27,31)(H,32,33)/p-1. The van der Waals surface area contributed by atoms with E-state index < -0.39 is 22.2 Å². The lowest BCUT2D eigenvalue weighted by Crippen LogP contribution is -2.39. The van der Waals surface area contributed by atoms with E-state index in [9.17, 15) is 13.6 Å². The van der Waals surface area contributed by atoms with Gasteiger partial charge < -0.3 is 14.6 Å². The van der Waals surface area contributed by atoms with E-state index in [0.29, 0.717) is 29.6 Å². The van der Waals surface area contributed by atoms with Crippen LogP contribution in [0, 0.1) is 0 Å². The fourth-order valence-corrected chi connectivity index (χ4v) is 4.26. The quantitative estimate of drug-likeness (QED) is 0.447. The van der Waals surface area contributed by atoms with Gasteiger partial charge in [-0.15, -0.1) is 0 Å². The first kappa shape index (κ1) is 24.7. The first-order valence-electron chi connectivity index (χ1n) is 11.2. The third kappa shape index (κ3) is 5.30. The number of aromatic nitrogens is 4. The lowest BCUT2D eigenvalue weighted by atomic mass is 9.88. The average molecular weight is 496 g/mol. The lowest BCUT2D eigenvalue weighted by molar-refractivity contribution is -0.120. The monoisotopic (exact) mass is 495 g/mol. The van der Waals surface area contributed by atoms with Gasteiger partial charge in [-0.2, -0.15) is 0 Å². The van der Waals surface area contributed by atoms with Crippen molar-refractivity contribution in [1.82, 2.24) is 19.9 Å². The van der Waals surface area contributed by atoms with Crippen LogP contribution in [-0.2, 0) is 21.5 Å². The van der Waals surface area contributed by atoms with Crippen LogP contribution in [0.3, 0.4) is 0 Å². The average Bonchev–Trinajstić information content (AvgIpc) is 3.57. The molecule has 1 N–H and O–H groups in total. The Bertz CT molecular complexity index is 1250. The van der Waals surface area contributed by atoms with Crippen molar-refractivity contribution in [3.63, 3.8) is 0 Å². The van der Waals surface area contributed by atoms with E-state index in [-0.39, 0.29) is 11.9 Å². The molecular weight excluding hydrogens is 468 g/mol. The third-order valence-electron chi connectivity index (χ3n) is 5.99. The van der Waals surface area contributed by atoms with Crippen molar-refractivity contribution in [2.75, 3.05) is 16.2 Å². The Morgan fingerprint density at radius 3 is 2.54 bits per heavy atom. The van der Waals surface area contributed by atoms with Crippen molar-refractivity contribution < 1.29 is 18.3 Å². The summed E-state index contributed by atoms with van der Waals surface area (Å²) < 4.78 is 30.3. The normalized spacial score (nSPS) is 15.2. The zero-order valence-corrected chi connectivity index (χ0v) is 20.8. The molecule has 4 rings (SSSR count). The van der Waals surface area contributed by atoms with Crippen molar-refractivity contribution in [3.05, 3.63) is 54.6 Å². The molecule has 184 valence electrons. The minimum atomic E-state index is -2.52. The summed E-state index contributed by atoms with van der Waals surface area (Å²) in [7, 11) is 0. The zero-order chi connectivity index (χ0) is 25.2. The number of anilines is 2. The number of hydrogen-bond acceptors (Lipinski definition) is 8. The van der Waals surface area contributed by atoms with Gasteiger partial charge >= 0.3 is 0 Å². The Morgan fingerprint density at radius 1 is 1.20 bits per heavy atom. The second-order valence-corrected chi connectivity index (χ2v) is 9.88. The van der Waals surface area contributed by atoms with Gasteiger partial charge in [0.25, 0.3) is 0 Å². The Morgan fingerprint density at radius 2 is 1.91 bits per heavy atom. The van der Waals surface area contributed by atoms with Gasteiger partial charge in [0, 0.05) is 17.4 Å². The zero-order valence-electron chi connectivity index (χ0n) is 20.0. The second kappa shape index (κ2) is 9.67. The van der Waals surface area contributed by atoms with E-state index in [0.717, 1.165) is 18.4 Å². The number of hydrogen-bond donors (Lipinski definition) is 1. The number of ether oxygens (including phenoxy) is 1. The topological polar surface area (TPSA) is 133 Å². The number of benzene rings is 1. The summed E-state index contributed by atoms with van der Waals surface area (Å²) in [4.78, 5) is 30.4. The molecule has 2 aromatic heterocycles. The summed E-state index contributed by atoms with van der Waals surface area (Å²) in [5.41, 5.74) is 0.936. The molecule has 1 aliphatic rings. The van der Waals surface area contributed by atoms with Crippen molar-refractivity contribution >= 4 is 28.8 Å². The van der Waals surface area contributed by atoms with Crippen LogP contribution in [-0.4, -0.2) is 46.8 Å². The molecule has 1 saturated carbocycles. The molecule has 3 aromatic rings. The highest BCUT2D eigenvalue weighted by Gasteiger charge is 2.46. The lowest BCUT2D eigenvalue weighted by Gasteiger charge is -2.31. The van der Waals surface area contributed by atoms with Gasteiger partial charge in [0.05, 0.1) is 52.6 Å². The van der Waals surface area contributed by atoms with Crippen LogP contribution in [0.15, 0.2) is 48.9 Å². The van der Waals surface area contributed by atoms with E-state index in [1.807, 2.05) is 26.0 Å². The molecule has 35 heavy (non-hydrogen) atoms. The van der Waals surface area contributed by atoms with Crippen LogP contribution in [0.2, 0.25) is 0 Å². The molecule has 0 radical (unpaired) electrons. The summed E-state index contributed by atoms with van der Waals surface area (Å²) in [6.07, 6.45) is 6.14. The summed E-state index contributed by atoms with van der Waals surface area (Å²) in [6.45, 7) is 7.69. The molecule has 1 atom stereocenters. The number of amides is 1. The van der Waals surface area contributed by atoms with Crippen molar-refractivity contribution in [2.45, 2.75) is 51.5 Å². The Hall–Kier alpha value is -3.44. The van der Waals surface area contributed by atoms with Gasteiger partial charge in [-0.25, -0.2) is 15.0 Å². The van der Waals surface area contributed by atoms with Crippen molar-refractivity contribution in [1.29, 1.82) is 0 Å². The highest BCUT2D eigenvalue weighted by atomic mass is 32.2. The number of carbonyl (C=O) groups excluding carboxylic acids is 1. The van der Waals surface area contributed by atoms with Crippen LogP contribution in [0.4, 0.5) is 11.6 Å². The summed E-state index contributed by atoms with van der Waals surface area (Å²) >= 11 is -2.52. The van der Waals surface area contributed by atoms with E-state index >= 15 is 0 Å². The largest absolute Gasteiger partial charge is 0.755 e. The third-order valence-corrected chi connectivity index (χ3v) is 6.89. The molecule has 1 aliphatic carbocycles. The second-order valence-electron chi connectivity index (χ2n) is 9.08. The maximum Gasteiger partial charge on any atom is 0.237 e. The van der Waals surface area contributed by atoms with E-state index in [2.05, 4.69) is 25.3 Å². The molecular formula is C24H27N6O4S-. The maximum atomic E-state index is 13.2. The smallest absolute Gasteiger partial charge is 0.237 e. The van der Waals surface area contributed by atoms with Crippen molar-refractivity contribution in [2.24, 2.45) is 0 Å². The van der Waals surface area contributed by atoms with Crippen LogP contribution in [0.1, 0.15) is 46.2 Å². The highest BCUT2D eigenvalue weighted by molar-refractivity contribution is 7.80. The SMILES string of the molecule is CCOc1cncc(-c2ccc(NC(=O)C(C)(C)c3ccnc(N(S(=O)[O-])C4(C)CC4)n3)cc2)n1. The van der Waals surface area contributed by atoms with E-state index in [1.165, 1.54) is 10.5 Å². The summed E-state index contributed by atoms with van der Waals surface area (Å²) in [6, 6.07) is 8.85. The summed E-state index contributed by atoms with van der Waals surface area (Å²) in [5, 5.41) is 2.91. The first-order chi connectivity index (χ1) is 16.6. The van der Waals surface area contributed by atoms with E-state index in [1.54, 1.807) is 44.4 Å². The van der Waals surface area contributed by atoms with Gasteiger partial charge in [-0.1, -0.05) is 12.1 Å². The minimum absolute atomic E-state index is 0.0662. The van der Waals surface area contributed by atoms with Crippen LogP contribution >= 0.6 is 0 Å². The molecule has 0 spiro atoms. The maximum absolute atomic E-state index is 13.2. The van der Waals surface area contributed by atoms with Crippen LogP contribution < -0.4 is 14.4 Å². The molecule has 0 bridgehead atoms. The number of nitrogens with zero attached hydrogens (tertiary/aromatic N) is 5. The molecule has 1 unspecified atom stereocenters. The molecule has 1 fully saturated rings. The number of nitrogens with one attached hydrogen (secondary N) is 1. The highest BCUT2D eigenvalue weighted by Crippen LogP contribution is 2.43. The predicted molar refractivity (Wildman–Crippen MR) is 131 cm³/mol. The van der Waals surface area contributed by atoms with Crippen LogP contribution in [0.5, 0.6) is 5.88 Å². The molecule has 1 amide bonds. The molecule has 1 aromatic carbocycles. The van der Waals surface area contributed by atoms with E-state index in [4.69, 9.17) is 4.74 Å². The van der Waals surface area contributed by atoms with Gasteiger partial charge in [-0.05, 0) is 58.7 Å². The number of rotatable bonds is 9. The predicted octanol–water partition coefficient (Wildman–Crippen LogP) is 3.40. The van der Waals surface area contributed by atoms with Gasteiger partial charge in [0.1, 0.15) is 0 Å². The van der Waals surface area contributed by atoms with Crippen LogP contribution in [0.25, 0.3) is 11.3 Å². The Kier molecular flexibility index (Phi) is 6.82. The molecule has 0 saturated heterocycles. The molecule has 0 aliphatic heterocycles. The fraction of sp³-hybridized carbons (Fsp3) is 0.375. The van der Waals surface area contributed by atoms with Gasteiger partial charge in [-0.3, -0.25) is 18.3 Å². The first-order valence-corrected chi connectivity index (χ1v) is 12.3. The Balaban J connectivity index is 1.51.